The highest BCUT2D eigenvalue weighted by Gasteiger charge is 2.24. The summed E-state index contributed by atoms with van der Waals surface area (Å²) in [6.07, 6.45) is 1.47. The first kappa shape index (κ1) is 26.0. The van der Waals surface area contributed by atoms with Crippen LogP contribution in [0, 0.1) is 5.92 Å². The van der Waals surface area contributed by atoms with Crippen molar-refractivity contribution < 1.29 is 19.1 Å². The summed E-state index contributed by atoms with van der Waals surface area (Å²) < 4.78 is 11.6. The molecule has 2 rings (SSSR count). The van der Waals surface area contributed by atoms with Crippen LogP contribution in [0.4, 0.5) is 0 Å². The Morgan fingerprint density at radius 3 is 2.50 bits per heavy atom. The van der Waals surface area contributed by atoms with Gasteiger partial charge in [-0.25, -0.2) is 5.43 Å². The summed E-state index contributed by atoms with van der Waals surface area (Å²) in [5, 5.41) is 7.32. The van der Waals surface area contributed by atoms with Gasteiger partial charge >= 0.3 is 0 Å². The van der Waals surface area contributed by atoms with Gasteiger partial charge in [0.05, 0.1) is 34.4 Å². The fraction of sp³-hybridized carbons (Fsp3) is 0.318. The van der Waals surface area contributed by atoms with Gasteiger partial charge in [-0.15, -0.1) is 0 Å². The Bertz CT molecular complexity index is 1010. The number of hydrogen-bond acceptors (Lipinski definition) is 5. The molecule has 1 unspecified atom stereocenters. The first-order valence-electron chi connectivity index (χ1n) is 9.77. The van der Waals surface area contributed by atoms with E-state index >= 15 is 0 Å². The monoisotopic (exact) mass is 543 g/mol. The lowest BCUT2D eigenvalue weighted by Gasteiger charge is -2.20. The highest BCUT2D eigenvalue weighted by atomic mass is 79.9. The number of nitrogens with one attached hydrogen (secondary N) is 2. The highest BCUT2D eigenvalue weighted by Crippen LogP contribution is 2.36. The molecule has 172 valence electrons. The zero-order valence-electron chi connectivity index (χ0n) is 18.0. The molecule has 0 aliphatic carbocycles. The van der Waals surface area contributed by atoms with Gasteiger partial charge in [0.2, 0.25) is 0 Å². The van der Waals surface area contributed by atoms with E-state index in [0.29, 0.717) is 38.7 Å². The lowest BCUT2D eigenvalue weighted by atomic mass is 10.0. The number of benzene rings is 2. The standard InChI is InChI=1S/C22H24BrCl2N3O4/c1-5-32-18-9-13(8-15(23)20(18)31-4)11-26-28-22(30)19(12(2)3)27-21(29)14-6-7-16(24)17(25)10-14/h6-12,19H,5H2,1-4H3,(H,27,29)(H,28,30)/b26-11+. The molecule has 0 heterocycles. The summed E-state index contributed by atoms with van der Waals surface area (Å²) in [6.45, 7) is 5.97. The molecular formula is C22H24BrCl2N3O4. The summed E-state index contributed by atoms with van der Waals surface area (Å²) in [4.78, 5) is 25.2. The summed E-state index contributed by atoms with van der Waals surface area (Å²) >= 11 is 15.3. The molecule has 0 radical (unpaired) electrons. The third-order valence-electron chi connectivity index (χ3n) is 4.34. The molecular weight excluding hydrogens is 521 g/mol. The van der Waals surface area contributed by atoms with E-state index in [1.165, 1.54) is 24.4 Å². The van der Waals surface area contributed by atoms with Crippen LogP contribution in [0.1, 0.15) is 36.7 Å². The summed E-state index contributed by atoms with van der Waals surface area (Å²) in [5.74, 6) is 0.0322. The molecule has 2 aromatic carbocycles. The predicted octanol–water partition coefficient (Wildman–Crippen LogP) is 5.07. The van der Waals surface area contributed by atoms with Gasteiger partial charge in [-0.3, -0.25) is 9.59 Å². The van der Waals surface area contributed by atoms with Crippen LogP contribution in [0.15, 0.2) is 39.9 Å². The fourth-order valence-electron chi connectivity index (χ4n) is 2.76. The second-order valence-electron chi connectivity index (χ2n) is 7.03. The van der Waals surface area contributed by atoms with E-state index in [1.807, 2.05) is 20.8 Å². The van der Waals surface area contributed by atoms with E-state index in [0.717, 1.165) is 0 Å². The Hall–Kier alpha value is -2.29. The van der Waals surface area contributed by atoms with E-state index in [9.17, 15) is 9.59 Å². The number of rotatable bonds is 9. The first-order chi connectivity index (χ1) is 15.2. The van der Waals surface area contributed by atoms with E-state index < -0.39 is 17.9 Å². The lowest BCUT2D eigenvalue weighted by Crippen LogP contribution is -2.48. The number of methoxy groups -OCH3 is 1. The van der Waals surface area contributed by atoms with Crippen LogP contribution in [-0.2, 0) is 4.79 Å². The van der Waals surface area contributed by atoms with Crippen molar-refractivity contribution >= 4 is 57.2 Å². The van der Waals surface area contributed by atoms with Crippen molar-refractivity contribution in [3.63, 3.8) is 0 Å². The van der Waals surface area contributed by atoms with Crippen molar-refractivity contribution in [3.8, 4) is 11.5 Å². The largest absolute Gasteiger partial charge is 0.492 e. The van der Waals surface area contributed by atoms with Crippen molar-refractivity contribution in [2.45, 2.75) is 26.8 Å². The molecule has 0 aliphatic heterocycles. The van der Waals surface area contributed by atoms with Crippen LogP contribution in [0.25, 0.3) is 0 Å². The number of halogens is 3. The molecule has 0 fully saturated rings. The number of carbonyl (C=O) groups excluding carboxylic acids is 2. The van der Waals surface area contributed by atoms with Gasteiger partial charge in [0.1, 0.15) is 6.04 Å². The molecule has 0 saturated carbocycles. The number of hydrazone groups is 1. The minimum absolute atomic E-state index is 0.184. The fourth-order valence-corrected chi connectivity index (χ4v) is 3.68. The molecule has 1 atom stereocenters. The zero-order valence-corrected chi connectivity index (χ0v) is 21.1. The number of nitrogens with zero attached hydrogens (tertiary/aromatic N) is 1. The molecule has 0 aromatic heterocycles. The molecule has 2 amide bonds. The number of amides is 2. The molecule has 2 aromatic rings. The Kier molecular flexibility index (Phi) is 9.81. The SMILES string of the molecule is CCOc1cc(/C=N/NC(=O)C(NC(=O)c2ccc(Cl)c(Cl)c2)C(C)C)cc(Br)c1OC. The maximum atomic E-state index is 12.7. The summed E-state index contributed by atoms with van der Waals surface area (Å²) in [5.41, 5.74) is 3.45. The second-order valence-corrected chi connectivity index (χ2v) is 8.69. The van der Waals surface area contributed by atoms with Crippen LogP contribution in [0.2, 0.25) is 10.0 Å². The third-order valence-corrected chi connectivity index (χ3v) is 5.67. The maximum absolute atomic E-state index is 12.7. The van der Waals surface area contributed by atoms with Gasteiger partial charge < -0.3 is 14.8 Å². The van der Waals surface area contributed by atoms with Gasteiger partial charge in [-0.1, -0.05) is 37.0 Å². The van der Waals surface area contributed by atoms with Crippen molar-refractivity contribution in [2.24, 2.45) is 11.0 Å². The van der Waals surface area contributed by atoms with Crippen molar-refractivity contribution in [1.29, 1.82) is 0 Å². The smallest absolute Gasteiger partial charge is 0.262 e. The zero-order chi connectivity index (χ0) is 23.8. The van der Waals surface area contributed by atoms with Gasteiger partial charge in [0.25, 0.3) is 11.8 Å². The van der Waals surface area contributed by atoms with Crippen LogP contribution in [0.5, 0.6) is 11.5 Å². The van der Waals surface area contributed by atoms with E-state index in [2.05, 4.69) is 31.8 Å². The maximum Gasteiger partial charge on any atom is 0.262 e. The molecule has 32 heavy (non-hydrogen) atoms. The van der Waals surface area contributed by atoms with E-state index in [-0.39, 0.29) is 10.9 Å². The van der Waals surface area contributed by atoms with Crippen molar-refractivity contribution in [1.82, 2.24) is 10.7 Å². The average molecular weight is 545 g/mol. The van der Waals surface area contributed by atoms with Crippen molar-refractivity contribution in [2.75, 3.05) is 13.7 Å². The summed E-state index contributed by atoms with van der Waals surface area (Å²) in [6, 6.07) is 7.23. The Morgan fingerprint density at radius 2 is 1.91 bits per heavy atom. The van der Waals surface area contributed by atoms with Crippen LogP contribution in [-0.4, -0.2) is 37.8 Å². The minimum atomic E-state index is -0.810. The highest BCUT2D eigenvalue weighted by molar-refractivity contribution is 9.10. The Labute approximate surface area is 205 Å². The molecule has 0 bridgehead atoms. The van der Waals surface area contributed by atoms with Gasteiger partial charge in [-0.05, 0) is 64.7 Å². The van der Waals surface area contributed by atoms with Gasteiger partial charge in [-0.2, -0.15) is 5.10 Å². The number of hydrogen-bond donors (Lipinski definition) is 2. The minimum Gasteiger partial charge on any atom is -0.492 e. The molecule has 7 nitrogen and oxygen atoms in total. The topological polar surface area (TPSA) is 89.0 Å². The van der Waals surface area contributed by atoms with Crippen LogP contribution < -0.4 is 20.2 Å². The summed E-state index contributed by atoms with van der Waals surface area (Å²) in [7, 11) is 1.55. The lowest BCUT2D eigenvalue weighted by molar-refractivity contribution is -0.123. The number of carbonyl (C=O) groups is 2. The Morgan fingerprint density at radius 1 is 1.19 bits per heavy atom. The average Bonchev–Trinajstić information content (AvgIpc) is 2.73. The van der Waals surface area contributed by atoms with Gasteiger partial charge in [0, 0.05) is 5.56 Å². The molecule has 0 aliphatic rings. The molecule has 0 spiro atoms. The third kappa shape index (κ3) is 6.85. The van der Waals surface area contributed by atoms with Gasteiger partial charge in [0.15, 0.2) is 11.5 Å². The second kappa shape index (κ2) is 12.1. The van der Waals surface area contributed by atoms with E-state index in [4.69, 9.17) is 32.7 Å². The molecule has 0 saturated heterocycles. The van der Waals surface area contributed by atoms with Crippen molar-refractivity contribution in [3.05, 3.63) is 56.0 Å². The quantitative estimate of drug-likeness (QED) is 0.341. The van der Waals surface area contributed by atoms with Crippen LogP contribution in [0.3, 0.4) is 0 Å². The van der Waals surface area contributed by atoms with Crippen LogP contribution >= 0.6 is 39.1 Å². The Balaban J connectivity index is 2.10. The molecule has 10 heteroatoms. The number of ether oxygens (including phenoxy) is 2. The molecule has 2 N–H and O–H groups in total. The first-order valence-corrected chi connectivity index (χ1v) is 11.3. The normalized spacial score (nSPS) is 12.0. The predicted molar refractivity (Wildman–Crippen MR) is 130 cm³/mol. The van der Waals surface area contributed by atoms with E-state index in [1.54, 1.807) is 19.2 Å².